The molecule has 51 heavy (non-hydrogen) atoms. The second-order valence-electron chi connectivity index (χ2n) is 13.1. The maximum absolute atomic E-state index is 6.97. The Balaban J connectivity index is 1.11. The van der Waals surface area contributed by atoms with Gasteiger partial charge in [-0.25, -0.2) is 4.99 Å². The van der Waals surface area contributed by atoms with Gasteiger partial charge in [0.2, 0.25) is 0 Å². The molecule has 0 radical (unpaired) electrons. The summed E-state index contributed by atoms with van der Waals surface area (Å²) in [6, 6.07) is 52.0. The largest absolute Gasteiger partial charge is 0.456 e. The SMILES string of the molecule is c1ccc(C2N=C(c3cccc4c3oc3c(-c5cccc6oc7ccccc7c56)cccc34)NC(c3cccc4oc5ccccc5c34)N2)cc1. The van der Waals surface area contributed by atoms with Crippen molar-refractivity contribution in [2.45, 2.75) is 12.3 Å². The molecular formula is C45H29N3O3. The Labute approximate surface area is 291 Å². The molecule has 4 heterocycles. The van der Waals surface area contributed by atoms with E-state index in [-0.39, 0.29) is 12.3 Å². The zero-order valence-corrected chi connectivity index (χ0v) is 27.3. The van der Waals surface area contributed by atoms with Crippen LogP contribution in [0.2, 0.25) is 0 Å². The lowest BCUT2D eigenvalue weighted by Crippen LogP contribution is -2.45. The number of hydrogen-bond donors (Lipinski definition) is 2. The van der Waals surface area contributed by atoms with Gasteiger partial charge in [0.05, 0.1) is 5.56 Å². The van der Waals surface area contributed by atoms with Gasteiger partial charge in [-0.2, -0.15) is 0 Å². The first-order valence-corrected chi connectivity index (χ1v) is 17.2. The number of rotatable bonds is 4. The first-order valence-electron chi connectivity index (χ1n) is 17.2. The standard InChI is InChI=1S/C45H29N3O3/c1-2-12-26(13-3-1)43-46-44(33-20-11-25-38-40(33)32-15-5-7-23-36(32)50-38)48-45(47-43)34-21-9-19-30-29-18-8-17-28(41(29)51-42(30)34)27-16-10-24-37-39(27)31-14-4-6-22-35(31)49-37/h1-25,43-44,46H,(H,47,48). The normalized spacial score (nSPS) is 16.4. The fourth-order valence-corrected chi connectivity index (χ4v) is 7.92. The summed E-state index contributed by atoms with van der Waals surface area (Å²) in [6.07, 6.45) is -0.572. The lowest BCUT2D eigenvalue weighted by atomic mass is 9.97. The molecule has 242 valence electrons. The highest BCUT2D eigenvalue weighted by molar-refractivity contribution is 6.20. The van der Waals surface area contributed by atoms with E-state index in [2.05, 4.69) is 114 Å². The highest BCUT2D eigenvalue weighted by Crippen LogP contribution is 2.43. The number of para-hydroxylation sites is 4. The van der Waals surface area contributed by atoms with Gasteiger partial charge in [-0.15, -0.1) is 0 Å². The quantitative estimate of drug-likeness (QED) is 0.197. The molecular weight excluding hydrogens is 631 g/mol. The van der Waals surface area contributed by atoms with Crippen LogP contribution in [0.3, 0.4) is 0 Å². The Morgan fingerprint density at radius 3 is 1.75 bits per heavy atom. The van der Waals surface area contributed by atoms with Crippen molar-refractivity contribution >= 4 is 71.7 Å². The van der Waals surface area contributed by atoms with E-state index >= 15 is 0 Å². The van der Waals surface area contributed by atoms with Crippen LogP contribution in [0.15, 0.2) is 170 Å². The number of aliphatic imine (C=N–C) groups is 1. The molecule has 0 aliphatic carbocycles. The highest BCUT2D eigenvalue weighted by atomic mass is 16.3. The van der Waals surface area contributed by atoms with E-state index < -0.39 is 0 Å². The second kappa shape index (κ2) is 10.9. The molecule has 6 nitrogen and oxygen atoms in total. The lowest BCUT2D eigenvalue weighted by Gasteiger charge is -2.32. The molecule has 1 aliphatic rings. The third-order valence-electron chi connectivity index (χ3n) is 10.2. The molecule has 3 aromatic heterocycles. The number of benzene rings is 7. The van der Waals surface area contributed by atoms with Crippen molar-refractivity contribution in [1.82, 2.24) is 10.6 Å². The zero-order valence-electron chi connectivity index (χ0n) is 27.3. The van der Waals surface area contributed by atoms with E-state index in [1.54, 1.807) is 0 Å². The summed E-state index contributed by atoms with van der Waals surface area (Å²) in [5, 5.41) is 14.0. The molecule has 2 atom stereocenters. The minimum absolute atomic E-state index is 0.269. The van der Waals surface area contributed by atoms with Crippen molar-refractivity contribution in [3.05, 3.63) is 168 Å². The topological polar surface area (TPSA) is 75.8 Å². The third kappa shape index (κ3) is 4.30. The van der Waals surface area contributed by atoms with Gasteiger partial charge in [0.1, 0.15) is 51.7 Å². The van der Waals surface area contributed by atoms with Gasteiger partial charge in [0.25, 0.3) is 0 Å². The molecule has 0 amide bonds. The molecule has 0 saturated carbocycles. The molecule has 0 saturated heterocycles. The van der Waals surface area contributed by atoms with Gasteiger partial charge in [-0.1, -0.05) is 121 Å². The number of nitrogens with one attached hydrogen (secondary N) is 2. The summed E-state index contributed by atoms with van der Waals surface area (Å²) in [4.78, 5) is 5.30. The maximum Gasteiger partial charge on any atom is 0.146 e. The van der Waals surface area contributed by atoms with Gasteiger partial charge < -0.3 is 18.6 Å². The monoisotopic (exact) mass is 659 g/mol. The van der Waals surface area contributed by atoms with Gasteiger partial charge >= 0.3 is 0 Å². The van der Waals surface area contributed by atoms with Crippen LogP contribution in [-0.2, 0) is 0 Å². The summed E-state index contributed by atoms with van der Waals surface area (Å²) >= 11 is 0. The molecule has 7 aromatic carbocycles. The van der Waals surface area contributed by atoms with Crippen LogP contribution in [0.25, 0.3) is 76.9 Å². The summed E-state index contributed by atoms with van der Waals surface area (Å²) in [6.45, 7) is 0. The molecule has 11 rings (SSSR count). The average molecular weight is 660 g/mol. The molecule has 0 spiro atoms. The zero-order chi connectivity index (χ0) is 33.5. The maximum atomic E-state index is 6.97. The van der Waals surface area contributed by atoms with Gasteiger partial charge in [0.15, 0.2) is 0 Å². The predicted octanol–water partition coefficient (Wildman–Crippen LogP) is 11.4. The van der Waals surface area contributed by atoms with Gasteiger partial charge in [-0.3, -0.25) is 5.32 Å². The van der Waals surface area contributed by atoms with E-state index in [1.807, 2.05) is 48.5 Å². The van der Waals surface area contributed by atoms with E-state index in [0.717, 1.165) is 99.5 Å². The molecule has 10 aromatic rings. The van der Waals surface area contributed by atoms with Gasteiger partial charge in [0, 0.05) is 43.4 Å². The van der Waals surface area contributed by atoms with Crippen LogP contribution in [-0.4, -0.2) is 5.84 Å². The Morgan fingerprint density at radius 2 is 0.980 bits per heavy atom. The Morgan fingerprint density at radius 1 is 0.431 bits per heavy atom. The number of amidine groups is 1. The Hall–Kier alpha value is -6.63. The Bertz CT molecular complexity index is 3000. The third-order valence-corrected chi connectivity index (χ3v) is 10.2. The number of fused-ring (bicyclic) bond motifs is 9. The highest BCUT2D eigenvalue weighted by Gasteiger charge is 2.29. The fraction of sp³-hybridized carbons (Fsp3) is 0.0444. The van der Waals surface area contributed by atoms with Crippen LogP contribution in [0.1, 0.15) is 29.0 Å². The van der Waals surface area contributed by atoms with Crippen molar-refractivity contribution < 1.29 is 13.3 Å². The van der Waals surface area contributed by atoms with E-state index in [4.69, 9.17) is 18.2 Å². The molecule has 2 unspecified atom stereocenters. The first kappa shape index (κ1) is 28.2. The minimum atomic E-state index is -0.303. The van der Waals surface area contributed by atoms with Crippen LogP contribution in [0.5, 0.6) is 0 Å². The number of nitrogens with zero attached hydrogens (tertiary/aromatic N) is 1. The smallest absolute Gasteiger partial charge is 0.146 e. The van der Waals surface area contributed by atoms with Crippen molar-refractivity contribution in [3.63, 3.8) is 0 Å². The van der Waals surface area contributed by atoms with Crippen molar-refractivity contribution in [3.8, 4) is 11.1 Å². The first-order chi connectivity index (χ1) is 25.3. The Kier molecular flexibility index (Phi) is 6.05. The number of hydrogen-bond acceptors (Lipinski definition) is 6. The molecule has 0 bridgehead atoms. The number of furan rings is 3. The van der Waals surface area contributed by atoms with Crippen LogP contribution in [0.4, 0.5) is 0 Å². The fourth-order valence-electron chi connectivity index (χ4n) is 7.92. The van der Waals surface area contributed by atoms with E-state index in [1.165, 1.54) is 0 Å². The molecule has 2 N–H and O–H groups in total. The molecule has 0 fully saturated rings. The van der Waals surface area contributed by atoms with Crippen molar-refractivity contribution in [1.29, 1.82) is 0 Å². The van der Waals surface area contributed by atoms with Crippen molar-refractivity contribution in [2.75, 3.05) is 0 Å². The van der Waals surface area contributed by atoms with Crippen LogP contribution < -0.4 is 10.6 Å². The lowest BCUT2D eigenvalue weighted by molar-refractivity contribution is 0.411. The second-order valence-corrected chi connectivity index (χ2v) is 13.1. The summed E-state index contributed by atoms with van der Waals surface area (Å²) in [7, 11) is 0. The molecule has 6 heteroatoms. The summed E-state index contributed by atoms with van der Waals surface area (Å²) in [5.41, 5.74) is 10.2. The van der Waals surface area contributed by atoms with Crippen LogP contribution in [0, 0.1) is 0 Å². The summed E-state index contributed by atoms with van der Waals surface area (Å²) < 4.78 is 19.5. The van der Waals surface area contributed by atoms with E-state index in [9.17, 15) is 0 Å². The average Bonchev–Trinajstić information content (AvgIpc) is 3.89. The van der Waals surface area contributed by atoms with Crippen LogP contribution >= 0.6 is 0 Å². The van der Waals surface area contributed by atoms with Gasteiger partial charge in [-0.05, 0) is 41.5 Å². The van der Waals surface area contributed by atoms with Crippen molar-refractivity contribution in [2.24, 2.45) is 4.99 Å². The summed E-state index contributed by atoms with van der Waals surface area (Å²) in [5.74, 6) is 0.756. The van der Waals surface area contributed by atoms with E-state index in [0.29, 0.717) is 0 Å². The predicted molar refractivity (Wildman–Crippen MR) is 205 cm³/mol. The molecule has 1 aliphatic heterocycles. The minimum Gasteiger partial charge on any atom is -0.456 e.